The summed E-state index contributed by atoms with van der Waals surface area (Å²) in [7, 11) is 0. The molecule has 1 amide bonds. The van der Waals surface area contributed by atoms with E-state index in [1.54, 1.807) is 0 Å². The molecular formula is C18H10F17NO3. The van der Waals surface area contributed by atoms with E-state index in [0.29, 0.717) is 24.3 Å². The molecule has 21 heteroatoms. The molecule has 1 aromatic carbocycles. The molecule has 0 saturated carbocycles. The lowest BCUT2D eigenvalue weighted by Crippen LogP contribution is -2.75. The molecule has 0 atom stereocenters. The second-order valence-electron chi connectivity index (χ2n) is 7.27. The van der Waals surface area contributed by atoms with Crippen LogP contribution in [-0.2, 0) is 9.53 Å². The molecule has 0 radical (unpaired) electrons. The SMILES string of the molecule is CCOC(=O)c1ccc(NC(=O)C(F)(F)C(F)(F)C(F)(F)C(F)(F)C(F)(F)C(F)(F)C(F)(F)C(F)(F)F)cc1. The quantitative estimate of drug-likeness (QED) is 0.234. The van der Waals surface area contributed by atoms with Gasteiger partial charge < -0.3 is 10.1 Å². The van der Waals surface area contributed by atoms with Crippen molar-refractivity contribution < 1.29 is 89.0 Å². The van der Waals surface area contributed by atoms with Crippen molar-refractivity contribution in [2.24, 2.45) is 0 Å². The second kappa shape index (κ2) is 9.86. The lowest BCUT2D eigenvalue weighted by Gasteiger charge is -2.42. The van der Waals surface area contributed by atoms with Crippen LogP contribution in [0.5, 0.6) is 0 Å². The number of rotatable bonds is 10. The molecule has 0 aliphatic carbocycles. The molecule has 39 heavy (non-hydrogen) atoms. The smallest absolute Gasteiger partial charge is 0.460 e. The third-order valence-corrected chi connectivity index (χ3v) is 4.66. The highest BCUT2D eigenvalue weighted by atomic mass is 19.4. The zero-order chi connectivity index (χ0) is 31.3. The van der Waals surface area contributed by atoms with Gasteiger partial charge in [0.15, 0.2) is 0 Å². The van der Waals surface area contributed by atoms with Gasteiger partial charge in [-0.3, -0.25) is 4.79 Å². The first-order valence-corrected chi connectivity index (χ1v) is 9.39. The Morgan fingerprint density at radius 1 is 0.615 bits per heavy atom. The first-order chi connectivity index (χ1) is 17.1. The fourth-order valence-corrected chi connectivity index (χ4v) is 2.42. The molecule has 0 aliphatic rings. The third kappa shape index (κ3) is 5.03. The van der Waals surface area contributed by atoms with E-state index in [0.717, 1.165) is 5.32 Å². The monoisotopic (exact) mass is 611 g/mol. The number of benzene rings is 1. The van der Waals surface area contributed by atoms with Crippen molar-refractivity contribution in [3.05, 3.63) is 29.8 Å². The first kappa shape index (κ1) is 34.0. The number of carbonyl (C=O) groups is 2. The number of hydrogen-bond donors (Lipinski definition) is 1. The van der Waals surface area contributed by atoms with Crippen LogP contribution in [0.2, 0.25) is 0 Å². The summed E-state index contributed by atoms with van der Waals surface area (Å²) in [5, 5.41) is 0.719. The Kier molecular flexibility index (Phi) is 8.60. The summed E-state index contributed by atoms with van der Waals surface area (Å²) in [6.07, 6.45) is -7.86. The van der Waals surface area contributed by atoms with Crippen molar-refractivity contribution in [1.82, 2.24) is 0 Å². The maximum absolute atomic E-state index is 13.9. The normalized spacial score (nSPS) is 14.7. The van der Waals surface area contributed by atoms with Crippen LogP contribution >= 0.6 is 0 Å². The fraction of sp³-hybridized carbons (Fsp3) is 0.556. The van der Waals surface area contributed by atoms with Crippen LogP contribution < -0.4 is 5.32 Å². The number of nitrogens with one attached hydrogen (secondary N) is 1. The molecule has 0 spiro atoms. The number of alkyl halides is 17. The summed E-state index contributed by atoms with van der Waals surface area (Å²) in [6, 6.07) is 2.18. The van der Waals surface area contributed by atoms with Crippen LogP contribution in [0.1, 0.15) is 17.3 Å². The average molecular weight is 611 g/mol. The first-order valence-electron chi connectivity index (χ1n) is 9.39. The summed E-state index contributed by atoms with van der Waals surface area (Å²) in [4.78, 5) is 22.9. The van der Waals surface area contributed by atoms with Gasteiger partial charge in [-0.2, -0.15) is 74.6 Å². The molecule has 224 valence electrons. The van der Waals surface area contributed by atoms with Gasteiger partial charge in [-0.1, -0.05) is 0 Å². The second-order valence-corrected chi connectivity index (χ2v) is 7.27. The maximum atomic E-state index is 13.9. The Morgan fingerprint density at radius 2 is 0.974 bits per heavy atom. The van der Waals surface area contributed by atoms with Gasteiger partial charge in [0.2, 0.25) is 0 Å². The van der Waals surface area contributed by atoms with E-state index >= 15 is 0 Å². The Hall–Kier alpha value is -3.03. The molecule has 1 aromatic rings. The summed E-state index contributed by atoms with van der Waals surface area (Å²) in [6.45, 7) is 1.16. The van der Waals surface area contributed by atoms with Crippen molar-refractivity contribution in [2.75, 3.05) is 11.9 Å². The molecule has 4 nitrogen and oxygen atoms in total. The lowest BCUT2D eigenvalue weighted by atomic mass is 9.89. The number of carbonyl (C=O) groups excluding carboxylic acids is 2. The van der Waals surface area contributed by atoms with E-state index in [9.17, 15) is 84.2 Å². The Morgan fingerprint density at radius 3 is 1.33 bits per heavy atom. The fourth-order valence-electron chi connectivity index (χ4n) is 2.42. The maximum Gasteiger partial charge on any atom is 0.460 e. The van der Waals surface area contributed by atoms with Crippen LogP contribution in [0, 0.1) is 0 Å². The number of ether oxygens (including phenoxy) is 1. The van der Waals surface area contributed by atoms with Gasteiger partial charge in [0.25, 0.3) is 0 Å². The minimum absolute atomic E-state index is 0.184. The molecule has 0 unspecified atom stereocenters. The Labute approximate surface area is 204 Å². The number of esters is 1. The van der Waals surface area contributed by atoms with E-state index < -0.39 is 65.2 Å². The standard InChI is InChI=1S/C18H10F17NO3/c1-2-39-9(37)7-3-5-8(6-4-7)36-10(38)11(19,20)12(21,22)13(23,24)14(25,26)15(27,28)16(29,30)17(31,32)18(33,34)35/h3-6H,2H2,1H3,(H,36,38). The molecule has 0 aliphatic heterocycles. The summed E-state index contributed by atoms with van der Waals surface area (Å²) >= 11 is 0. The molecule has 0 bridgehead atoms. The van der Waals surface area contributed by atoms with Crippen LogP contribution in [0.3, 0.4) is 0 Å². The number of halogens is 17. The Balaban J connectivity index is 3.47. The van der Waals surface area contributed by atoms with Crippen LogP contribution in [0.15, 0.2) is 24.3 Å². The highest BCUT2D eigenvalue weighted by Gasteiger charge is 2.95. The number of amides is 1. The highest BCUT2D eigenvalue weighted by Crippen LogP contribution is 2.64. The van der Waals surface area contributed by atoms with Crippen LogP contribution in [0.25, 0.3) is 0 Å². The molecule has 1 rings (SSSR count). The van der Waals surface area contributed by atoms with E-state index in [1.165, 1.54) is 6.92 Å². The van der Waals surface area contributed by atoms with Crippen molar-refractivity contribution in [3.8, 4) is 0 Å². The molecule has 0 fully saturated rings. The van der Waals surface area contributed by atoms with Gasteiger partial charge in [0, 0.05) is 5.69 Å². The largest absolute Gasteiger partial charge is 0.462 e. The lowest BCUT2D eigenvalue weighted by molar-refractivity contribution is -0.459. The zero-order valence-corrected chi connectivity index (χ0v) is 18.2. The van der Waals surface area contributed by atoms with Crippen molar-refractivity contribution in [1.29, 1.82) is 0 Å². The molecule has 0 saturated heterocycles. The van der Waals surface area contributed by atoms with E-state index in [2.05, 4.69) is 4.74 Å². The predicted octanol–water partition coefficient (Wildman–Crippen LogP) is 6.81. The minimum Gasteiger partial charge on any atom is -0.462 e. The Bertz CT molecular complexity index is 1060. The summed E-state index contributed by atoms with van der Waals surface area (Å²) in [5.41, 5.74) is -1.45. The van der Waals surface area contributed by atoms with Crippen molar-refractivity contribution >= 4 is 17.6 Å². The van der Waals surface area contributed by atoms with Gasteiger partial charge in [0.1, 0.15) is 0 Å². The minimum atomic E-state index is -8.79. The van der Waals surface area contributed by atoms with E-state index in [-0.39, 0.29) is 12.2 Å². The van der Waals surface area contributed by atoms with E-state index in [1.807, 2.05) is 0 Å². The average Bonchev–Trinajstić information content (AvgIpc) is 2.78. The zero-order valence-electron chi connectivity index (χ0n) is 18.2. The van der Waals surface area contributed by atoms with Gasteiger partial charge in [-0.05, 0) is 31.2 Å². The van der Waals surface area contributed by atoms with Crippen molar-refractivity contribution in [3.63, 3.8) is 0 Å². The summed E-state index contributed by atoms with van der Waals surface area (Å²) in [5.74, 6) is -63.2. The number of hydrogen-bond acceptors (Lipinski definition) is 3. The van der Waals surface area contributed by atoms with Crippen molar-refractivity contribution in [2.45, 2.75) is 54.6 Å². The molecule has 1 N–H and O–H groups in total. The molecule has 0 heterocycles. The van der Waals surface area contributed by atoms with Crippen LogP contribution in [0.4, 0.5) is 80.3 Å². The van der Waals surface area contributed by atoms with Gasteiger partial charge in [-0.25, -0.2) is 4.79 Å². The molecule has 0 aromatic heterocycles. The number of anilines is 1. The predicted molar refractivity (Wildman–Crippen MR) is 91.7 cm³/mol. The third-order valence-electron chi connectivity index (χ3n) is 4.66. The van der Waals surface area contributed by atoms with E-state index in [4.69, 9.17) is 0 Å². The molecular weight excluding hydrogens is 601 g/mol. The highest BCUT2D eigenvalue weighted by molar-refractivity contribution is 5.97. The van der Waals surface area contributed by atoms with Gasteiger partial charge in [-0.15, -0.1) is 0 Å². The topological polar surface area (TPSA) is 55.4 Å². The van der Waals surface area contributed by atoms with Crippen LogP contribution in [-0.4, -0.2) is 66.1 Å². The van der Waals surface area contributed by atoms with Gasteiger partial charge in [0.05, 0.1) is 12.2 Å². The van der Waals surface area contributed by atoms with Gasteiger partial charge >= 0.3 is 59.5 Å². The summed E-state index contributed by atoms with van der Waals surface area (Å²) < 4.78 is 230.